The molecule has 4 heterocycles. The van der Waals surface area contributed by atoms with Crippen molar-refractivity contribution < 1.29 is 23.4 Å². The lowest BCUT2D eigenvalue weighted by atomic mass is 10.1. The summed E-state index contributed by atoms with van der Waals surface area (Å²) in [6.45, 7) is 9.44. The van der Waals surface area contributed by atoms with Crippen molar-refractivity contribution in [1.82, 2.24) is 19.4 Å². The maximum absolute atomic E-state index is 14.1. The summed E-state index contributed by atoms with van der Waals surface area (Å²) < 4.78 is 33.4. The number of fused-ring (bicyclic) bond motifs is 1. The molecule has 2 aromatic carbocycles. The zero-order chi connectivity index (χ0) is 30.1. The molecule has 0 aliphatic carbocycles. The summed E-state index contributed by atoms with van der Waals surface area (Å²) in [4.78, 5) is 24.7. The van der Waals surface area contributed by atoms with Gasteiger partial charge in [0.05, 0.1) is 41.2 Å². The molecular formula is C32H34ClFN4O4S. The highest BCUT2D eigenvalue weighted by Gasteiger charge is 2.25. The van der Waals surface area contributed by atoms with Crippen LogP contribution in [-0.4, -0.2) is 56.8 Å². The fourth-order valence-corrected chi connectivity index (χ4v) is 6.08. The third-order valence-electron chi connectivity index (χ3n) is 7.45. The number of hydrogen-bond acceptors (Lipinski definition) is 8. The fraction of sp³-hybridized carbons (Fsp3) is 0.406. The molecule has 0 radical (unpaired) electrons. The van der Waals surface area contributed by atoms with Crippen LogP contribution in [0, 0.1) is 5.82 Å². The zero-order valence-electron chi connectivity index (χ0n) is 24.4. The van der Waals surface area contributed by atoms with Crippen molar-refractivity contribution in [2.45, 2.75) is 65.0 Å². The smallest absolute Gasteiger partial charge is 0.338 e. The monoisotopic (exact) mass is 624 g/mol. The van der Waals surface area contributed by atoms with Gasteiger partial charge in [-0.1, -0.05) is 23.7 Å². The Kier molecular flexibility index (Phi) is 8.55. The van der Waals surface area contributed by atoms with Crippen molar-refractivity contribution in [1.29, 1.82) is 0 Å². The zero-order valence-corrected chi connectivity index (χ0v) is 26.0. The molecule has 0 spiro atoms. The fourth-order valence-electron chi connectivity index (χ4n) is 5.11. The van der Waals surface area contributed by atoms with Crippen LogP contribution in [0.3, 0.4) is 0 Å². The summed E-state index contributed by atoms with van der Waals surface area (Å²) >= 11 is 7.37. The lowest BCUT2D eigenvalue weighted by molar-refractivity contribution is -0.0591. The summed E-state index contributed by atoms with van der Waals surface area (Å²) in [6, 6.07) is 10.1. The second-order valence-corrected chi connectivity index (χ2v) is 13.1. The van der Waals surface area contributed by atoms with Gasteiger partial charge in [0.1, 0.15) is 28.9 Å². The number of carbonyl (C=O) groups excluding carboxylic acids is 1. The van der Waals surface area contributed by atoms with E-state index in [1.165, 1.54) is 23.0 Å². The molecule has 0 amide bonds. The molecule has 0 saturated carbocycles. The van der Waals surface area contributed by atoms with Gasteiger partial charge in [-0.2, -0.15) is 0 Å². The highest BCUT2D eigenvalue weighted by molar-refractivity contribution is 7.11. The average Bonchev–Trinajstić information content (AvgIpc) is 3.54. The van der Waals surface area contributed by atoms with Gasteiger partial charge in [-0.05, 0) is 69.5 Å². The first-order valence-electron chi connectivity index (χ1n) is 14.4. The van der Waals surface area contributed by atoms with Gasteiger partial charge in [0.2, 0.25) is 5.88 Å². The van der Waals surface area contributed by atoms with Gasteiger partial charge < -0.3 is 18.8 Å². The third-order valence-corrected chi connectivity index (χ3v) is 8.58. The molecule has 0 unspecified atom stereocenters. The summed E-state index contributed by atoms with van der Waals surface area (Å²) in [5, 5.41) is 3.12. The Morgan fingerprint density at radius 2 is 2.05 bits per heavy atom. The molecule has 43 heavy (non-hydrogen) atoms. The lowest BCUT2D eigenvalue weighted by Crippen LogP contribution is -2.33. The first-order valence-corrected chi connectivity index (χ1v) is 15.7. The second kappa shape index (κ2) is 12.4. The number of hydrogen-bond donors (Lipinski definition) is 0. The normalized spacial score (nSPS) is 17.5. The summed E-state index contributed by atoms with van der Waals surface area (Å²) in [6.07, 6.45) is 4.20. The molecule has 2 aliphatic rings. The van der Waals surface area contributed by atoms with E-state index >= 15 is 0 Å². The molecule has 11 heteroatoms. The molecule has 1 atom stereocenters. The Morgan fingerprint density at radius 1 is 1.21 bits per heavy atom. The number of esters is 1. The van der Waals surface area contributed by atoms with Crippen molar-refractivity contribution in [3.05, 3.63) is 80.7 Å². The quantitative estimate of drug-likeness (QED) is 0.188. The number of nitrogens with zero attached hydrogens (tertiary/aromatic N) is 4. The van der Waals surface area contributed by atoms with Gasteiger partial charge in [-0.15, -0.1) is 11.3 Å². The van der Waals surface area contributed by atoms with Crippen molar-refractivity contribution in [3.63, 3.8) is 0 Å². The van der Waals surface area contributed by atoms with Gasteiger partial charge in [-0.3, -0.25) is 4.90 Å². The molecule has 1 saturated heterocycles. The predicted molar refractivity (Wildman–Crippen MR) is 165 cm³/mol. The number of aromatic nitrogens is 3. The van der Waals surface area contributed by atoms with E-state index in [4.69, 9.17) is 30.8 Å². The second-order valence-electron chi connectivity index (χ2n) is 11.9. The standard InChI is InChI=1S/C32H34ClFN4O4S/c1-32(2,3)42-31(39)21-5-7-26-27(14-21)38(16-24-10-13-40-24)28(35-26)17-37-11-8-20(9-12-37)30-36-29(19-43-30)41-18-22-4-6-23(33)15-25(22)34/h4-8,14-15,19,24H,9-13,16-18H2,1-3H3/t24-/m0/s1. The predicted octanol–water partition coefficient (Wildman–Crippen LogP) is 6.90. The molecule has 6 rings (SSSR count). The highest BCUT2D eigenvalue weighted by Crippen LogP contribution is 2.30. The van der Waals surface area contributed by atoms with E-state index in [9.17, 15) is 9.18 Å². The van der Waals surface area contributed by atoms with E-state index in [2.05, 4.69) is 20.5 Å². The van der Waals surface area contributed by atoms with Crippen LogP contribution in [0.15, 0.2) is 47.9 Å². The van der Waals surface area contributed by atoms with E-state index in [1.807, 2.05) is 38.3 Å². The van der Waals surface area contributed by atoms with Crippen LogP contribution in [0.2, 0.25) is 5.02 Å². The first kappa shape index (κ1) is 29.7. The SMILES string of the molecule is CC(C)(C)OC(=O)c1ccc2nc(CN3CC=C(c4nc(OCc5ccc(Cl)cc5F)cs4)CC3)n(C[C@@H]3CCO3)c2c1. The van der Waals surface area contributed by atoms with Crippen molar-refractivity contribution in [2.24, 2.45) is 0 Å². The minimum absolute atomic E-state index is 0.0885. The molecular weight excluding hydrogens is 591 g/mol. The number of ether oxygens (including phenoxy) is 3. The molecule has 2 aliphatic heterocycles. The molecule has 226 valence electrons. The largest absolute Gasteiger partial charge is 0.472 e. The maximum Gasteiger partial charge on any atom is 0.338 e. The van der Waals surface area contributed by atoms with Crippen LogP contribution in [0.1, 0.15) is 60.4 Å². The van der Waals surface area contributed by atoms with E-state index in [0.717, 1.165) is 54.4 Å². The Labute approximate surface area is 259 Å². The molecule has 2 aromatic heterocycles. The number of halogens is 2. The van der Waals surface area contributed by atoms with Crippen molar-refractivity contribution >= 4 is 45.5 Å². The number of carbonyl (C=O) groups is 1. The van der Waals surface area contributed by atoms with Gasteiger partial charge >= 0.3 is 5.97 Å². The van der Waals surface area contributed by atoms with Gasteiger partial charge in [-0.25, -0.2) is 19.2 Å². The summed E-state index contributed by atoms with van der Waals surface area (Å²) in [5.74, 6) is 0.693. The van der Waals surface area contributed by atoms with Gasteiger partial charge in [0.15, 0.2) is 0 Å². The van der Waals surface area contributed by atoms with Crippen LogP contribution in [0.4, 0.5) is 4.39 Å². The summed E-state index contributed by atoms with van der Waals surface area (Å²) in [5.41, 5.74) is 3.32. The average molecular weight is 625 g/mol. The van der Waals surface area contributed by atoms with Crippen LogP contribution in [0.25, 0.3) is 16.6 Å². The molecule has 0 N–H and O–H groups in total. The minimum atomic E-state index is -0.568. The number of thiazole rings is 1. The van der Waals surface area contributed by atoms with E-state index in [0.29, 0.717) is 35.1 Å². The number of imidazole rings is 1. The highest BCUT2D eigenvalue weighted by atomic mass is 35.5. The number of rotatable bonds is 9. The molecule has 4 aromatic rings. The van der Waals surface area contributed by atoms with E-state index in [-0.39, 0.29) is 18.7 Å². The topological polar surface area (TPSA) is 78.7 Å². The van der Waals surface area contributed by atoms with Crippen molar-refractivity contribution in [3.8, 4) is 5.88 Å². The van der Waals surface area contributed by atoms with Gasteiger partial charge in [0.25, 0.3) is 0 Å². The van der Waals surface area contributed by atoms with E-state index in [1.54, 1.807) is 18.2 Å². The Hall–Kier alpha value is -3.31. The van der Waals surface area contributed by atoms with Crippen LogP contribution < -0.4 is 4.74 Å². The van der Waals surface area contributed by atoms with Crippen LogP contribution >= 0.6 is 22.9 Å². The molecule has 8 nitrogen and oxygen atoms in total. The van der Waals surface area contributed by atoms with E-state index < -0.39 is 11.4 Å². The summed E-state index contributed by atoms with van der Waals surface area (Å²) in [7, 11) is 0. The number of benzene rings is 2. The lowest BCUT2D eigenvalue weighted by Gasteiger charge is -2.29. The molecule has 1 fully saturated rings. The Morgan fingerprint density at radius 3 is 2.74 bits per heavy atom. The van der Waals surface area contributed by atoms with Crippen LogP contribution in [0.5, 0.6) is 5.88 Å². The minimum Gasteiger partial charge on any atom is -0.472 e. The van der Waals surface area contributed by atoms with Crippen molar-refractivity contribution in [2.75, 3.05) is 19.7 Å². The molecule has 0 bridgehead atoms. The van der Waals surface area contributed by atoms with Gasteiger partial charge in [0, 0.05) is 30.3 Å². The van der Waals surface area contributed by atoms with Crippen LogP contribution in [-0.2, 0) is 29.2 Å². The Balaban J connectivity index is 1.14. The Bertz CT molecular complexity index is 1670. The first-order chi connectivity index (χ1) is 20.6. The third kappa shape index (κ3) is 7.09. The maximum atomic E-state index is 14.1.